The van der Waals surface area contributed by atoms with Gasteiger partial charge in [0.05, 0.1) is 17.8 Å². The fourth-order valence-electron chi connectivity index (χ4n) is 3.53. The molecule has 4 rings (SSSR count). The highest BCUT2D eigenvalue weighted by molar-refractivity contribution is 5.95. The fraction of sp³-hybridized carbons (Fsp3) is 0.160. The average molecular weight is 441 g/mol. The summed E-state index contributed by atoms with van der Waals surface area (Å²) in [5.74, 6) is 0.600. The highest BCUT2D eigenvalue weighted by atomic mass is 16.4. The molecular weight excluding hydrogens is 416 g/mol. The second-order valence-electron chi connectivity index (χ2n) is 7.67. The van der Waals surface area contributed by atoms with Gasteiger partial charge in [0, 0.05) is 30.2 Å². The van der Waals surface area contributed by atoms with Gasteiger partial charge in [0.2, 0.25) is 0 Å². The van der Waals surface area contributed by atoms with Gasteiger partial charge in [-0.05, 0) is 24.1 Å². The molecule has 0 aliphatic heterocycles. The van der Waals surface area contributed by atoms with E-state index in [1.165, 1.54) is 5.56 Å². The molecule has 2 heterocycles. The Hall–Kier alpha value is -4.33. The Morgan fingerprint density at radius 2 is 1.70 bits per heavy atom. The number of carboxylic acids is 1. The third kappa shape index (κ3) is 5.48. The summed E-state index contributed by atoms with van der Waals surface area (Å²) in [6, 6.07) is 21.2. The second-order valence-corrected chi connectivity index (χ2v) is 7.67. The van der Waals surface area contributed by atoms with Crippen molar-refractivity contribution in [3.63, 3.8) is 0 Å². The minimum atomic E-state index is -0.852. The molecule has 4 aromatic rings. The van der Waals surface area contributed by atoms with E-state index in [1.807, 2.05) is 53.2 Å². The summed E-state index contributed by atoms with van der Waals surface area (Å²) in [5.41, 5.74) is 9.66. The van der Waals surface area contributed by atoms with Crippen LogP contribution in [-0.2, 0) is 24.1 Å². The number of aliphatic carboxylic acids is 1. The van der Waals surface area contributed by atoms with Crippen LogP contribution in [0.3, 0.4) is 0 Å². The van der Waals surface area contributed by atoms with Gasteiger partial charge in [-0.2, -0.15) is 0 Å². The number of benzene rings is 2. The number of carbonyl (C=O) groups is 1. The summed E-state index contributed by atoms with van der Waals surface area (Å²) in [6.07, 6.45) is 3.72. The number of hydrogen-bond acceptors (Lipinski definition) is 5. The van der Waals surface area contributed by atoms with Crippen LogP contribution in [-0.4, -0.2) is 36.7 Å². The van der Waals surface area contributed by atoms with E-state index in [0.717, 1.165) is 17.8 Å². The maximum atomic E-state index is 11.0. The van der Waals surface area contributed by atoms with Crippen LogP contribution in [0, 0.1) is 5.41 Å². The molecule has 0 fully saturated rings. The molecule has 0 radical (unpaired) electrons. The number of imidazole rings is 1. The zero-order chi connectivity index (χ0) is 23.2. The number of nitrogens with zero attached hydrogens (tertiary/aromatic N) is 4. The lowest BCUT2D eigenvalue weighted by atomic mass is 10.1. The third-order valence-corrected chi connectivity index (χ3v) is 5.29. The third-order valence-electron chi connectivity index (χ3n) is 5.29. The van der Waals surface area contributed by atoms with Gasteiger partial charge in [-0.1, -0.05) is 54.6 Å². The van der Waals surface area contributed by atoms with Gasteiger partial charge in [-0.25, -0.2) is 4.98 Å². The predicted octanol–water partition coefficient (Wildman–Crippen LogP) is 3.42. The smallest absolute Gasteiger partial charge is 0.303 e. The molecule has 0 saturated heterocycles. The SMILES string of the molecule is N=C(N)c1ccc(-c2ccc(-n3cc(CCC(=O)O)nc3CCc3ccccc3)nn2)cc1. The molecule has 0 bridgehead atoms. The maximum Gasteiger partial charge on any atom is 0.303 e. The minimum Gasteiger partial charge on any atom is -0.481 e. The summed E-state index contributed by atoms with van der Waals surface area (Å²) in [5, 5.41) is 25.3. The van der Waals surface area contributed by atoms with E-state index in [1.54, 1.807) is 12.1 Å². The molecule has 33 heavy (non-hydrogen) atoms. The molecule has 8 heteroatoms. The van der Waals surface area contributed by atoms with Gasteiger partial charge in [0.15, 0.2) is 5.82 Å². The van der Waals surface area contributed by atoms with E-state index in [2.05, 4.69) is 27.3 Å². The summed E-state index contributed by atoms with van der Waals surface area (Å²) < 4.78 is 1.88. The number of amidine groups is 1. The summed E-state index contributed by atoms with van der Waals surface area (Å²) in [4.78, 5) is 15.7. The predicted molar refractivity (Wildman–Crippen MR) is 125 cm³/mol. The van der Waals surface area contributed by atoms with Crippen molar-refractivity contribution in [1.82, 2.24) is 19.7 Å². The number of nitrogens with one attached hydrogen (secondary N) is 1. The Balaban J connectivity index is 1.58. The van der Waals surface area contributed by atoms with Gasteiger partial charge in [-0.15, -0.1) is 10.2 Å². The van der Waals surface area contributed by atoms with Gasteiger partial charge in [0.1, 0.15) is 11.7 Å². The number of nitrogens with two attached hydrogens (primary N) is 1. The first-order chi connectivity index (χ1) is 16.0. The van der Waals surface area contributed by atoms with Gasteiger partial charge in [-0.3, -0.25) is 14.8 Å². The number of rotatable bonds is 9. The quantitative estimate of drug-likeness (QED) is 0.270. The normalized spacial score (nSPS) is 10.8. The Morgan fingerprint density at radius 3 is 2.33 bits per heavy atom. The minimum absolute atomic E-state index is 0.0184. The van der Waals surface area contributed by atoms with E-state index >= 15 is 0 Å². The molecule has 0 unspecified atom stereocenters. The van der Waals surface area contributed by atoms with Crippen LogP contribution in [0.15, 0.2) is 72.9 Å². The average Bonchev–Trinajstić information content (AvgIpc) is 3.25. The Morgan fingerprint density at radius 1 is 0.939 bits per heavy atom. The Kier molecular flexibility index (Phi) is 6.54. The molecule has 4 N–H and O–H groups in total. The van der Waals surface area contributed by atoms with Crippen LogP contribution in [0.5, 0.6) is 0 Å². The molecule has 166 valence electrons. The van der Waals surface area contributed by atoms with Crippen LogP contribution >= 0.6 is 0 Å². The number of aromatic nitrogens is 4. The van der Waals surface area contributed by atoms with Gasteiger partial charge < -0.3 is 10.8 Å². The molecule has 2 aromatic carbocycles. The van der Waals surface area contributed by atoms with E-state index in [0.29, 0.717) is 35.6 Å². The van der Waals surface area contributed by atoms with Gasteiger partial charge >= 0.3 is 5.97 Å². The van der Waals surface area contributed by atoms with Gasteiger partial charge in [0.25, 0.3) is 0 Å². The van der Waals surface area contributed by atoms with E-state index < -0.39 is 5.97 Å². The highest BCUT2D eigenvalue weighted by Gasteiger charge is 2.13. The molecular formula is C25H24N6O2. The first-order valence-corrected chi connectivity index (χ1v) is 10.6. The van der Waals surface area contributed by atoms with Crippen molar-refractivity contribution in [2.24, 2.45) is 5.73 Å². The number of hydrogen-bond donors (Lipinski definition) is 3. The fourth-order valence-corrected chi connectivity index (χ4v) is 3.53. The summed E-state index contributed by atoms with van der Waals surface area (Å²) >= 11 is 0. The standard InChI is InChI=1S/C25H24N6O2/c26-25(27)19-9-7-18(8-10-19)21-12-14-23(30-29-21)31-16-20(11-15-24(32)33)28-22(31)13-6-17-4-2-1-3-5-17/h1-5,7-10,12,14,16H,6,11,13,15H2,(H3,26,27)(H,32,33). The van der Waals surface area contributed by atoms with Crippen LogP contribution < -0.4 is 5.73 Å². The lowest BCUT2D eigenvalue weighted by molar-refractivity contribution is -0.136. The molecule has 0 spiro atoms. The zero-order valence-electron chi connectivity index (χ0n) is 18.0. The van der Waals surface area contributed by atoms with Crippen molar-refractivity contribution in [3.8, 4) is 17.1 Å². The van der Waals surface area contributed by atoms with Crippen LogP contribution in [0.1, 0.15) is 29.1 Å². The Bertz CT molecular complexity index is 1250. The Labute approximate surface area is 191 Å². The molecule has 8 nitrogen and oxygen atoms in total. The summed E-state index contributed by atoms with van der Waals surface area (Å²) in [6.45, 7) is 0. The van der Waals surface area contributed by atoms with Crippen molar-refractivity contribution in [3.05, 3.63) is 95.6 Å². The lowest BCUT2D eigenvalue weighted by Crippen LogP contribution is -2.10. The largest absolute Gasteiger partial charge is 0.481 e. The molecule has 0 aliphatic rings. The highest BCUT2D eigenvalue weighted by Crippen LogP contribution is 2.19. The summed E-state index contributed by atoms with van der Waals surface area (Å²) in [7, 11) is 0. The van der Waals surface area contributed by atoms with Crippen molar-refractivity contribution in [1.29, 1.82) is 5.41 Å². The van der Waals surface area contributed by atoms with E-state index in [9.17, 15) is 4.79 Å². The molecule has 0 atom stereocenters. The van der Waals surface area contributed by atoms with Crippen molar-refractivity contribution >= 4 is 11.8 Å². The first-order valence-electron chi connectivity index (χ1n) is 10.6. The van der Waals surface area contributed by atoms with Crippen molar-refractivity contribution in [2.75, 3.05) is 0 Å². The van der Waals surface area contributed by atoms with Crippen molar-refractivity contribution in [2.45, 2.75) is 25.7 Å². The van der Waals surface area contributed by atoms with Crippen LogP contribution in [0.4, 0.5) is 0 Å². The molecule has 0 saturated carbocycles. The molecule has 2 aromatic heterocycles. The van der Waals surface area contributed by atoms with Crippen LogP contribution in [0.25, 0.3) is 17.1 Å². The van der Waals surface area contributed by atoms with E-state index in [-0.39, 0.29) is 12.3 Å². The van der Waals surface area contributed by atoms with Crippen LogP contribution in [0.2, 0.25) is 0 Å². The van der Waals surface area contributed by atoms with E-state index in [4.69, 9.17) is 16.2 Å². The molecule has 0 aliphatic carbocycles. The zero-order valence-corrected chi connectivity index (χ0v) is 18.0. The monoisotopic (exact) mass is 440 g/mol. The first kappa shape index (κ1) is 21.9. The number of carboxylic acid groups (broad SMARTS) is 1. The second kappa shape index (κ2) is 9.86. The topological polar surface area (TPSA) is 131 Å². The maximum absolute atomic E-state index is 11.0. The van der Waals surface area contributed by atoms with Crippen molar-refractivity contribution < 1.29 is 9.90 Å². The lowest BCUT2D eigenvalue weighted by Gasteiger charge is -2.08. The number of nitrogen functional groups attached to an aromatic ring is 1. The molecule has 0 amide bonds. The number of aryl methyl sites for hydroxylation is 3.